The van der Waals surface area contributed by atoms with Crippen LogP contribution in [0.25, 0.3) is 10.9 Å². The molecule has 0 aliphatic rings. The van der Waals surface area contributed by atoms with E-state index < -0.39 is 0 Å². The number of rotatable bonds is 1. The third-order valence-corrected chi connectivity index (χ3v) is 2.08. The van der Waals surface area contributed by atoms with Crippen LogP contribution in [-0.4, -0.2) is 17.2 Å². The minimum atomic E-state index is 0.0739. The summed E-state index contributed by atoms with van der Waals surface area (Å²) in [6.45, 7) is 0. The lowest BCUT2D eigenvalue weighted by Crippen LogP contribution is -1.92. The summed E-state index contributed by atoms with van der Waals surface area (Å²) in [6, 6.07) is 5.04. The first-order chi connectivity index (χ1) is 6.74. The van der Waals surface area contributed by atoms with Gasteiger partial charge in [-0.25, -0.2) is 0 Å². The Morgan fingerprint density at radius 1 is 1.50 bits per heavy atom. The van der Waals surface area contributed by atoms with Gasteiger partial charge in [0.05, 0.1) is 18.3 Å². The third kappa shape index (κ3) is 1.12. The number of hydrogen-bond donors (Lipinski definition) is 2. The number of nitrogens with two attached hydrogens (primary N) is 1. The highest BCUT2D eigenvalue weighted by molar-refractivity contribution is 5.95. The molecular weight excluding hydrogens is 180 g/mol. The zero-order valence-corrected chi connectivity index (χ0v) is 7.69. The van der Waals surface area contributed by atoms with Gasteiger partial charge in [-0.05, 0) is 12.1 Å². The van der Waals surface area contributed by atoms with E-state index in [4.69, 9.17) is 10.5 Å². The number of phenols is 1. The highest BCUT2D eigenvalue weighted by atomic mass is 16.5. The third-order valence-electron chi connectivity index (χ3n) is 2.08. The van der Waals surface area contributed by atoms with Gasteiger partial charge in [0.25, 0.3) is 0 Å². The smallest absolute Gasteiger partial charge is 0.167 e. The number of aromatic hydroxyl groups is 1. The standard InChI is InChI=1S/C10H10N2O2/c1-14-8-5-7(11)9-6(10(8)13)3-2-4-12-9/h2-5,13H,11H2,1H3. The zero-order chi connectivity index (χ0) is 10.1. The zero-order valence-electron chi connectivity index (χ0n) is 7.69. The molecule has 0 saturated carbocycles. The van der Waals surface area contributed by atoms with E-state index in [2.05, 4.69) is 4.98 Å². The number of nitrogens with zero attached hydrogens (tertiary/aromatic N) is 1. The van der Waals surface area contributed by atoms with Crippen molar-refractivity contribution < 1.29 is 9.84 Å². The van der Waals surface area contributed by atoms with Crippen LogP contribution in [0.3, 0.4) is 0 Å². The Balaban J connectivity index is 2.87. The molecule has 1 aromatic carbocycles. The summed E-state index contributed by atoms with van der Waals surface area (Å²) in [6.07, 6.45) is 1.63. The molecule has 4 heteroatoms. The fraction of sp³-hybridized carbons (Fsp3) is 0.100. The molecule has 2 rings (SSSR count). The van der Waals surface area contributed by atoms with Gasteiger partial charge in [-0.2, -0.15) is 0 Å². The summed E-state index contributed by atoms with van der Waals surface area (Å²) < 4.78 is 4.98. The number of aromatic nitrogens is 1. The van der Waals surface area contributed by atoms with Crippen LogP contribution in [0.1, 0.15) is 0 Å². The molecule has 1 heterocycles. The minimum absolute atomic E-state index is 0.0739. The normalized spacial score (nSPS) is 10.4. The number of nitrogen functional groups attached to an aromatic ring is 1. The van der Waals surface area contributed by atoms with E-state index in [9.17, 15) is 5.11 Å². The van der Waals surface area contributed by atoms with Gasteiger partial charge in [0, 0.05) is 17.6 Å². The van der Waals surface area contributed by atoms with Gasteiger partial charge in [-0.3, -0.25) is 4.98 Å². The van der Waals surface area contributed by atoms with E-state index in [0.717, 1.165) is 0 Å². The first kappa shape index (κ1) is 8.62. The Hall–Kier alpha value is -1.97. The Kier molecular flexibility index (Phi) is 1.89. The number of hydrogen-bond acceptors (Lipinski definition) is 4. The molecule has 1 aromatic heterocycles. The second kappa shape index (κ2) is 3.06. The van der Waals surface area contributed by atoms with Gasteiger partial charge in [-0.1, -0.05) is 0 Å². The number of benzene rings is 1. The molecule has 0 saturated heterocycles. The predicted octanol–water partition coefficient (Wildman–Crippen LogP) is 1.53. The lowest BCUT2D eigenvalue weighted by molar-refractivity contribution is 0.376. The molecule has 4 nitrogen and oxygen atoms in total. The quantitative estimate of drug-likeness (QED) is 0.528. The van der Waals surface area contributed by atoms with E-state index in [1.165, 1.54) is 7.11 Å². The van der Waals surface area contributed by atoms with Crippen LogP contribution in [0.4, 0.5) is 5.69 Å². The van der Waals surface area contributed by atoms with Crippen LogP contribution >= 0.6 is 0 Å². The molecule has 0 aliphatic carbocycles. The summed E-state index contributed by atoms with van der Waals surface area (Å²) in [5.74, 6) is 0.438. The molecule has 0 bridgehead atoms. The van der Waals surface area contributed by atoms with Crippen molar-refractivity contribution in [3.05, 3.63) is 24.4 Å². The van der Waals surface area contributed by atoms with Gasteiger partial charge >= 0.3 is 0 Å². The van der Waals surface area contributed by atoms with E-state index in [-0.39, 0.29) is 5.75 Å². The maximum absolute atomic E-state index is 9.75. The Bertz CT molecular complexity index is 483. The number of phenolic OH excluding ortho intramolecular Hbond substituents is 1. The monoisotopic (exact) mass is 190 g/mol. The Morgan fingerprint density at radius 2 is 2.29 bits per heavy atom. The van der Waals surface area contributed by atoms with E-state index in [0.29, 0.717) is 22.3 Å². The summed E-state index contributed by atoms with van der Waals surface area (Å²) in [4.78, 5) is 4.08. The minimum Gasteiger partial charge on any atom is -0.504 e. The van der Waals surface area contributed by atoms with Crippen LogP contribution in [0.5, 0.6) is 11.5 Å². The number of pyridine rings is 1. The summed E-state index contributed by atoms with van der Waals surface area (Å²) in [5, 5.41) is 10.4. The largest absolute Gasteiger partial charge is 0.504 e. The second-order valence-electron chi connectivity index (χ2n) is 2.92. The van der Waals surface area contributed by atoms with Crippen molar-refractivity contribution in [1.29, 1.82) is 0 Å². The van der Waals surface area contributed by atoms with Crippen molar-refractivity contribution in [2.75, 3.05) is 12.8 Å². The fourth-order valence-electron chi connectivity index (χ4n) is 1.39. The highest BCUT2D eigenvalue weighted by Crippen LogP contribution is 2.36. The molecule has 0 aliphatic heterocycles. The van der Waals surface area contributed by atoms with E-state index in [1.54, 1.807) is 24.4 Å². The van der Waals surface area contributed by atoms with E-state index in [1.807, 2.05) is 0 Å². The van der Waals surface area contributed by atoms with Crippen molar-refractivity contribution >= 4 is 16.6 Å². The van der Waals surface area contributed by atoms with E-state index >= 15 is 0 Å². The van der Waals surface area contributed by atoms with Crippen molar-refractivity contribution in [2.45, 2.75) is 0 Å². The summed E-state index contributed by atoms with van der Waals surface area (Å²) in [7, 11) is 1.48. The molecule has 0 fully saturated rings. The van der Waals surface area contributed by atoms with Crippen molar-refractivity contribution in [3.8, 4) is 11.5 Å². The first-order valence-corrected chi connectivity index (χ1v) is 4.14. The molecule has 3 N–H and O–H groups in total. The maximum atomic E-state index is 9.75. The van der Waals surface area contributed by atoms with Crippen molar-refractivity contribution in [2.24, 2.45) is 0 Å². The van der Waals surface area contributed by atoms with Crippen LogP contribution in [0, 0.1) is 0 Å². The second-order valence-corrected chi connectivity index (χ2v) is 2.92. The van der Waals surface area contributed by atoms with Gasteiger partial charge in [0.2, 0.25) is 0 Å². The predicted molar refractivity (Wildman–Crippen MR) is 54.4 cm³/mol. The number of fused-ring (bicyclic) bond motifs is 1. The number of anilines is 1. The molecule has 0 spiro atoms. The molecule has 0 atom stereocenters. The van der Waals surface area contributed by atoms with Gasteiger partial charge < -0.3 is 15.6 Å². The molecular formula is C10H10N2O2. The summed E-state index contributed by atoms with van der Waals surface area (Å²) in [5.41, 5.74) is 6.83. The molecule has 0 radical (unpaired) electrons. The SMILES string of the molecule is COc1cc(N)c2ncccc2c1O. The van der Waals surface area contributed by atoms with Gasteiger partial charge in [0.1, 0.15) is 0 Å². The average Bonchev–Trinajstić information content (AvgIpc) is 2.23. The molecule has 2 aromatic rings. The molecule has 0 unspecified atom stereocenters. The Labute approximate surface area is 80.9 Å². The van der Waals surface area contributed by atoms with Gasteiger partial charge in [0.15, 0.2) is 11.5 Å². The van der Waals surface area contributed by atoms with Crippen LogP contribution in [0.2, 0.25) is 0 Å². The average molecular weight is 190 g/mol. The lowest BCUT2D eigenvalue weighted by Gasteiger charge is -2.08. The van der Waals surface area contributed by atoms with Crippen LogP contribution in [-0.2, 0) is 0 Å². The highest BCUT2D eigenvalue weighted by Gasteiger charge is 2.09. The maximum Gasteiger partial charge on any atom is 0.167 e. The molecule has 14 heavy (non-hydrogen) atoms. The van der Waals surface area contributed by atoms with Gasteiger partial charge in [-0.15, -0.1) is 0 Å². The first-order valence-electron chi connectivity index (χ1n) is 4.14. The van der Waals surface area contributed by atoms with Crippen LogP contribution in [0.15, 0.2) is 24.4 Å². The Morgan fingerprint density at radius 3 is 3.00 bits per heavy atom. The molecule has 0 amide bonds. The fourth-order valence-corrected chi connectivity index (χ4v) is 1.39. The van der Waals surface area contributed by atoms with Crippen LogP contribution < -0.4 is 10.5 Å². The number of methoxy groups -OCH3 is 1. The number of ether oxygens (including phenoxy) is 1. The van der Waals surface area contributed by atoms with Crippen molar-refractivity contribution in [3.63, 3.8) is 0 Å². The molecule has 72 valence electrons. The summed E-state index contributed by atoms with van der Waals surface area (Å²) >= 11 is 0. The lowest BCUT2D eigenvalue weighted by atomic mass is 10.1. The topological polar surface area (TPSA) is 68.4 Å². The van der Waals surface area contributed by atoms with Crippen molar-refractivity contribution in [1.82, 2.24) is 4.98 Å².